The second-order valence-electron chi connectivity index (χ2n) is 7.35. The average Bonchev–Trinajstić information content (AvgIpc) is 2.94. The highest BCUT2D eigenvalue weighted by Gasteiger charge is 2.43. The molecule has 0 spiro atoms. The van der Waals surface area contributed by atoms with Crippen molar-refractivity contribution in [2.45, 2.75) is 34.1 Å². The molecule has 0 saturated carbocycles. The Labute approximate surface area is 176 Å². The summed E-state index contributed by atoms with van der Waals surface area (Å²) in [4.78, 5) is 40.1. The molecular weight excluding hydrogens is 380 g/mol. The zero-order valence-corrected chi connectivity index (χ0v) is 17.7. The van der Waals surface area contributed by atoms with Gasteiger partial charge in [0.1, 0.15) is 0 Å². The monoisotopic (exact) mass is 406 g/mol. The Morgan fingerprint density at radius 2 is 1.77 bits per heavy atom. The Bertz CT molecular complexity index is 1010. The fourth-order valence-corrected chi connectivity index (χ4v) is 3.74. The number of allylic oxidation sites excluding steroid dienone is 1. The van der Waals surface area contributed by atoms with Gasteiger partial charge in [-0.15, -0.1) is 0 Å². The van der Waals surface area contributed by atoms with Crippen LogP contribution >= 0.6 is 0 Å². The van der Waals surface area contributed by atoms with Crippen molar-refractivity contribution in [1.82, 2.24) is 0 Å². The molecule has 2 aromatic rings. The summed E-state index contributed by atoms with van der Waals surface area (Å²) in [6.07, 6.45) is -0.138. The average molecular weight is 406 g/mol. The number of benzene rings is 2. The third kappa shape index (κ3) is 4.27. The van der Waals surface area contributed by atoms with Crippen LogP contribution in [-0.4, -0.2) is 24.4 Å². The third-order valence-corrected chi connectivity index (χ3v) is 5.15. The van der Waals surface area contributed by atoms with Crippen LogP contribution in [0.5, 0.6) is 0 Å². The Kier molecular flexibility index (Phi) is 6.35. The van der Waals surface area contributed by atoms with E-state index in [9.17, 15) is 14.4 Å². The molecule has 6 nitrogen and oxygen atoms in total. The van der Waals surface area contributed by atoms with Crippen LogP contribution in [0.3, 0.4) is 0 Å². The molecule has 156 valence electrons. The van der Waals surface area contributed by atoms with Crippen molar-refractivity contribution in [3.05, 3.63) is 70.9 Å². The summed E-state index contributed by atoms with van der Waals surface area (Å²) < 4.78 is 5.18. The van der Waals surface area contributed by atoms with E-state index >= 15 is 0 Å². The number of para-hydroxylation sites is 1. The van der Waals surface area contributed by atoms with Crippen molar-refractivity contribution in [1.29, 1.82) is 0 Å². The van der Waals surface area contributed by atoms with Crippen LogP contribution in [0.2, 0.25) is 0 Å². The van der Waals surface area contributed by atoms with E-state index in [1.54, 1.807) is 26.0 Å². The van der Waals surface area contributed by atoms with E-state index in [2.05, 4.69) is 5.32 Å². The molecule has 0 saturated heterocycles. The number of esters is 1. The van der Waals surface area contributed by atoms with Gasteiger partial charge in [-0.3, -0.25) is 14.5 Å². The molecule has 2 aromatic carbocycles. The molecule has 2 amide bonds. The molecule has 1 aliphatic rings. The van der Waals surface area contributed by atoms with Gasteiger partial charge in [0.25, 0.3) is 0 Å². The normalized spacial score (nSPS) is 16.1. The zero-order chi connectivity index (χ0) is 21.8. The Morgan fingerprint density at radius 3 is 2.40 bits per heavy atom. The van der Waals surface area contributed by atoms with Gasteiger partial charge in [0.2, 0.25) is 11.8 Å². The third-order valence-electron chi connectivity index (χ3n) is 5.15. The quantitative estimate of drug-likeness (QED) is 0.732. The van der Waals surface area contributed by atoms with Crippen LogP contribution in [0.1, 0.15) is 31.4 Å². The summed E-state index contributed by atoms with van der Waals surface area (Å²) in [6, 6.07) is 14.8. The number of amides is 2. The van der Waals surface area contributed by atoms with E-state index in [1.807, 2.05) is 50.2 Å². The fourth-order valence-electron chi connectivity index (χ4n) is 3.74. The summed E-state index contributed by atoms with van der Waals surface area (Å²) in [5.41, 5.74) is 4.10. The minimum Gasteiger partial charge on any atom is -0.463 e. The first kappa shape index (κ1) is 21.3. The summed E-state index contributed by atoms with van der Waals surface area (Å²) in [6.45, 7) is 7.50. The smallest absolute Gasteiger partial charge is 0.336 e. The molecule has 1 N–H and O–H groups in total. The van der Waals surface area contributed by atoms with E-state index in [0.717, 1.165) is 11.1 Å². The molecule has 0 aliphatic carbocycles. The van der Waals surface area contributed by atoms with Gasteiger partial charge >= 0.3 is 5.97 Å². The van der Waals surface area contributed by atoms with Crippen LogP contribution in [0.25, 0.3) is 0 Å². The summed E-state index contributed by atoms with van der Waals surface area (Å²) in [7, 11) is 0. The van der Waals surface area contributed by atoms with E-state index in [4.69, 9.17) is 4.74 Å². The first-order chi connectivity index (χ1) is 14.3. The number of nitrogens with zero attached hydrogens (tertiary/aromatic N) is 1. The largest absolute Gasteiger partial charge is 0.463 e. The van der Waals surface area contributed by atoms with Gasteiger partial charge < -0.3 is 10.1 Å². The Hall–Kier alpha value is -3.41. The van der Waals surface area contributed by atoms with E-state index in [1.165, 1.54) is 4.90 Å². The van der Waals surface area contributed by atoms with Gasteiger partial charge in [-0.1, -0.05) is 35.9 Å². The lowest BCUT2D eigenvalue weighted by Gasteiger charge is -2.19. The predicted octanol–water partition coefficient (Wildman–Crippen LogP) is 4.13. The lowest BCUT2D eigenvalue weighted by atomic mass is 9.96. The minimum absolute atomic E-state index is 0.138. The van der Waals surface area contributed by atoms with Gasteiger partial charge in [-0.25, -0.2) is 4.79 Å². The summed E-state index contributed by atoms with van der Waals surface area (Å²) in [5.74, 6) is -2.09. The van der Waals surface area contributed by atoms with E-state index in [0.29, 0.717) is 17.1 Å². The first-order valence-electron chi connectivity index (χ1n) is 9.97. The van der Waals surface area contributed by atoms with Gasteiger partial charge in [0, 0.05) is 23.5 Å². The highest BCUT2D eigenvalue weighted by atomic mass is 16.5. The molecule has 1 heterocycles. The van der Waals surface area contributed by atoms with Crippen molar-refractivity contribution in [3.63, 3.8) is 0 Å². The van der Waals surface area contributed by atoms with E-state index in [-0.39, 0.29) is 30.4 Å². The lowest BCUT2D eigenvalue weighted by Crippen LogP contribution is -2.31. The molecule has 0 radical (unpaired) electrons. The van der Waals surface area contributed by atoms with Gasteiger partial charge in [0.15, 0.2) is 0 Å². The molecule has 3 rings (SSSR count). The number of aryl methyl sites for hydroxylation is 2. The number of hydrogen-bond donors (Lipinski definition) is 1. The molecule has 0 aromatic heterocycles. The maximum Gasteiger partial charge on any atom is 0.336 e. The highest BCUT2D eigenvalue weighted by molar-refractivity contribution is 6.12. The summed E-state index contributed by atoms with van der Waals surface area (Å²) in [5, 5.41) is 2.86. The number of carbonyl (C=O) groups is 3. The van der Waals surface area contributed by atoms with Crippen LogP contribution < -0.4 is 10.2 Å². The highest BCUT2D eigenvalue weighted by Crippen LogP contribution is 2.36. The van der Waals surface area contributed by atoms with Crippen LogP contribution in [-0.2, 0) is 19.1 Å². The molecular formula is C24H26N2O4. The summed E-state index contributed by atoms with van der Waals surface area (Å²) >= 11 is 0. The van der Waals surface area contributed by atoms with Gasteiger partial charge in [-0.2, -0.15) is 0 Å². The lowest BCUT2D eigenvalue weighted by molar-refractivity contribution is -0.140. The standard InChI is InChI=1S/C24H26N2O4/c1-5-30-24(29)22-17(4)26(18-9-7-6-8-10-18)23(28)19(22)14-21(27)25-20-12-11-15(2)13-16(20)3/h6-13,19H,5,14H2,1-4H3,(H,25,27). The van der Waals surface area contributed by atoms with Crippen molar-refractivity contribution in [2.24, 2.45) is 5.92 Å². The number of hydrogen-bond acceptors (Lipinski definition) is 4. The van der Waals surface area contributed by atoms with Crippen molar-refractivity contribution in [3.8, 4) is 0 Å². The van der Waals surface area contributed by atoms with Crippen molar-refractivity contribution in [2.75, 3.05) is 16.8 Å². The maximum absolute atomic E-state index is 13.2. The molecule has 0 bridgehead atoms. The number of carbonyl (C=O) groups excluding carboxylic acids is 3. The maximum atomic E-state index is 13.2. The van der Waals surface area contributed by atoms with Crippen molar-refractivity contribution < 1.29 is 19.1 Å². The van der Waals surface area contributed by atoms with Gasteiger partial charge in [-0.05, 0) is 51.5 Å². The van der Waals surface area contributed by atoms with Crippen LogP contribution in [0.4, 0.5) is 11.4 Å². The molecule has 0 fully saturated rings. The fraction of sp³-hybridized carbons (Fsp3) is 0.292. The molecule has 1 unspecified atom stereocenters. The molecule has 30 heavy (non-hydrogen) atoms. The van der Waals surface area contributed by atoms with Crippen molar-refractivity contribution >= 4 is 29.2 Å². The van der Waals surface area contributed by atoms with E-state index < -0.39 is 11.9 Å². The Balaban J connectivity index is 1.88. The molecule has 1 atom stereocenters. The minimum atomic E-state index is -0.894. The zero-order valence-electron chi connectivity index (χ0n) is 17.7. The van der Waals surface area contributed by atoms with Gasteiger partial charge in [0.05, 0.1) is 18.1 Å². The first-order valence-corrected chi connectivity index (χ1v) is 9.97. The number of ether oxygens (including phenoxy) is 1. The van der Waals surface area contributed by atoms with Crippen LogP contribution in [0, 0.1) is 19.8 Å². The number of anilines is 2. The topological polar surface area (TPSA) is 75.7 Å². The molecule has 6 heteroatoms. The van der Waals surface area contributed by atoms with Crippen LogP contribution in [0.15, 0.2) is 59.8 Å². The second-order valence-corrected chi connectivity index (χ2v) is 7.35. The SMILES string of the molecule is CCOC(=O)C1=C(C)N(c2ccccc2)C(=O)C1CC(=O)Nc1ccc(C)cc1C. The Morgan fingerprint density at radius 1 is 1.07 bits per heavy atom. The predicted molar refractivity (Wildman–Crippen MR) is 116 cm³/mol. The number of nitrogens with one attached hydrogen (secondary N) is 1. The number of rotatable bonds is 6. The molecule has 1 aliphatic heterocycles. The second kappa shape index (κ2) is 8.95.